The Labute approximate surface area is 221 Å². The Morgan fingerprint density at radius 2 is 1.84 bits per heavy atom. The summed E-state index contributed by atoms with van der Waals surface area (Å²) in [5.74, 6) is -0.432. The zero-order valence-corrected chi connectivity index (χ0v) is 22.1. The molecule has 2 aromatic carbocycles. The minimum atomic E-state index is -0.567. The van der Waals surface area contributed by atoms with Crippen molar-refractivity contribution >= 4 is 34.1 Å². The number of amides is 1. The Morgan fingerprint density at radius 3 is 2.57 bits per heavy atom. The minimum absolute atomic E-state index is 0.0196. The number of esters is 1. The first-order valence-corrected chi connectivity index (χ1v) is 13.5. The number of carbonyl (C=O) groups is 2. The molecule has 0 spiro atoms. The van der Waals surface area contributed by atoms with Crippen LogP contribution in [0.1, 0.15) is 46.4 Å². The number of nitrogens with zero attached hydrogens (tertiary/aromatic N) is 3. The molecule has 8 heteroatoms. The van der Waals surface area contributed by atoms with E-state index in [1.165, 1.54) is 35.0 Å². The molecule has 0 bridgehead atoms. The van der Waals surface area contributed by atoms with Gasteiger partial charge in [0.1, 0.15) is 5.01 Å². The first-order valence-electron chi connectivity index (χ1n) is 12.6. The minimum Gasteiger partial charge on any atom is -0.464 e. The molecule has 7 nitrogen and oxygen atoms in total. The largest absolute Gasteiger partial charge is 0.464 e. The van der Waals surface area contributed by atoms with E-state index in [4.69, 9.17) is 9.72 Å². The first-order chi connectivity index (χ1) is 18.0. The van der Waals surface area contributed by atoms with E-state index in [-0.39, 0.29) is 5.91 Å². The molecule has 1 amide bonds. The highest BCUT2D eigenvalue weighted by atomic mass is 32.1. The summed E-state index contributed by atoms with van der Waals surface area (Å²) in [4.78, 5) is 37.9. The van der Waals surface area contributed by atoms with Gasteiger partial charge in [-0.05, 0) is 36.5 Å². The number of benzene rings is 2. The van der Waals surface area contributed by atoms with Gasteiger partial charge in [-0.3, -0.25) is 9.69 Å². The molecule has 37 heavy (non-hydrogen) atoms. The van der Waals surface area contributed by atoms with Crippen LogP contribution >= 0.6 is 11.3 Å². The van der Waals surface area contributed by atoms with E-state index >= 15 is 0 Å². The lowest BCUT2D eigenvalue weighted by molar-refractivity contribution is -0.138. The molecule has 5 rings (SSSR count). The number of hydrogen-bond acceptors (Lipinski definition) is 6. The predicted octanol–water partition coefficient (Wildman–Crippen LogP) is 4.99. The van der Waals surface area contributed by atoms with E-state index in [1.54, 1.807) is 12.3 Å². The normalized spacial score (nSPS) is 15.5. The van der Waals surface area contributed by atoms with Crippen LogP contribution < -0.4 is 0 Å². The van der Waals surface area contributed by atoms with Crippen molar-refractivity contribution in [3.63, 3.8) is 0 Å². The van der Waals surface area contributed by atoms with Gasteiger partial charge in [0.05, 0.1) is 12.6 Å². The summed E-state index contributed by atoms with van der Waals surface area (Å²) < 4.78 is 4.91. The Morgan fingerprint density at radius 1 is 1.11 bits per heavy atom. The van der Waals surface area contributed by atoms with Gasteiger partial charge < -0.3 is 14.6 Å². The van der Waals surface area contributed by atoms with Crippen molar-refractivity contribution in [3.05, 3.63) is 88.0 Å². The van der Waals surface area contributed by atoms with Gasteiger partial charge in [0.25, 0.3) is 0 Å². The Hall–Kier alpha value is -3.49. The average Bonchev–Trinajstić information content (AvgIpc) is 3.58. The molecule has 192 valence electrons. The number of methoxy groups -OCH3 is 1. The summed E-state index contributed by atoms with van der Waals surface area (Å²) in [5.41, 5.74) is 3.29. The molecule has 1 aliphatic rings. The predicted molar refractivity (Wildman–Crippen MR) is 145 cm³/mol. The van der Waals surface area contributed by atoms with Crippen molar-refractivity contribution in [3.8, 4) is 0 Å². The summed E-state index contributed by atoms with van der Waals surface area (Å²) in [6, 6.07) is 18.7. The highest BCUT2D eigenvalue weighted by Gasteiger charge is 2.45. The molecule has 0 unspecified atom stereocenters. The second kappa shape index (κ2) is 10.9. The molecule has 0 aliphatic carbocycles. The Balaban J connectivity index is 1.42. The number of ether oxygens (including phenoxy) is 1. The van der Waals surface area contributed by atoms with Crippen molar-refractivity contribution < 1.29 is 14.3 Å². The molecule has 1 aliphatic heterocycles. The molecule has 3 heterocycles. The Kier molecular flexibility index (Phi) is 7.39. The van der Waals surface area contributed by atoms with Gasteiger partial charge in [0.2, 0.25) is 5.91 Å². The van der Waals surface area contributed by atoms with E-state index < -0.39 is 11.5 Å². The van der Waals surface area contributed by atoms with Crippen LogP contribution in [0, 0.1) is 0 Å². The molecule has 2 aromatic heterocycles. The number of rotatable bonds is 8. The number of likely N-dealkylation sites (tertiary alicyclic amines) is 1. The maximum atomic E-state index is 13.2. The lowest BCUT2D eigenvalue weighted by Gasteiger charge is -2.47. The number of hydrogen-bond donors (Lipinski definition) is 1. The molecular weight excluding hydrogens is 484 g/mol. The fourth-order valence-electron chi connectivity index (χ4n) is 5.45. The quantitative estimate of drug-likeness (QED) is 0.334. The Bertz CT molecular complexity index is 1370. The lowest BCUT2D eigenvalue weighted by atomic mass is 9.85. The number of fused-ring (bicyclic) bond motifs is 1. The van der Waals surface area contributed by atoms with Crippen LogP contribution in [-0.2, 0) is 28.0 Å². The van der Waals surface area contributed by atoms with E-state index in [0.717, 1.165) is 49.4 Å². The number of carbonyl (C=O) groups excluding carboxylic acids is 2. The van der Waals surface area contributed by atoms with Gasteiger partial charge in [-0.1, -0.05) is 48.5 Å². The molecule has 0 saturated carbocycles. The van der Waals surface area contributed by atoms with Crippen LogP contribution in [0.3, 0.4) is 0 Å². The summed E-state index contributed by atoms with van der Waals surface area (Å²) >= 11 is 1.44. The first kappa shape index (κ1) is 25.2. The maximum Gasteiger partial charge on any atom is 0.357 e. The molecular formula is C29H32N4O3S. The van der Waals surface area contributed by atoms with Gasteiger partial charge in [0.15, 0.2) is 5.69 Å². The standard InChI is InChI=1S/C29H32N4O3S/c1-21(34)33(15-12-23-18-30-25-11-7-6-10-24(23)25)29(28-31-26(20-37-28)27(35)36-2)13-16-32(17-14-29)19-22-8-4-3-5-9-22/h3-11,18,20,30H,12-17,19H2,1-2H3. The summed E-state index contributed by atoms with van der Waals surface area (Å²) in [7, 11) is 1.36. The maximum absolute atomic E-state index is 13.2. The number of piperidine rings is 1. The monoisotopic (exact) mass is 516 g/mol. The second-order valence-corrected chi connectivity index (χ2v) is 10.5. The molecule has 4 aromatic rings. The van der Waals surface area contributed by atoms with Crippen LogP contribution in [0.15, 0.2) is 66.2 Å². The van der Waals surface area contributed by atoms with E-state index in [2.05, 4.69) is 46.3 Å². The number of aromatic amines is 1. The van der Waals surface area contributed by atoms with Gasteiger partial charge in [-0.15, -0.1) is 11.3 Å². The number of H-pyrrole nitrogens is 1. The van der Waals surface area contributed by atoms with Crippen molar-refractivity contribution in [2.24, 2.45) is 0 Å². The average molecular weight is 517 g/mol. The van der Waals surface area contributed by atoms with Crippen molar-refractivity contribution in [2.75, 3.05) is 26.7 Å². The second-order valence-electron chi connectivity index (χ2n) is 9.60. The highest BCUT2D eigenvalue weighted by molar-refractivity contribution is 7.10. The van der Waals surface area contributed by atoms with Crippen LogP contribution in [0.25, 0.3) is 10.9 Å². The molecule has 1 N–H and O–H groups in total. The molecule has 1 saturated heterocycles. The summed E-state index contributed by atoms with van der Waals surface area (Å²) in [5, 5.41) is 3.73. The van der Waals surface area contributed by atoms with Crippen molar-refractivity contribution in [1.82, 2.24) is 19.8 Å². The number of para-hydroxylation sites is 1. The summed E-state index contributed by atoms with van der Waals surface area (Å²) in [6.45, 7) is 4.75. The zero-order chi connectivity index (χ0) is 25.8. The van der Waals surface area contributed by atoms with E-state index in [0.29, 0.717) is 12.2 Å². The van der Waals surface area contributed by atoms with Gasteiger partial charge >= 0.3 is 5.97 Å². The van der Waals surface area contributed by atoms with E-state index in [9.17, 15) is 9.59 Å². The number of nitrogens with one attached hydrogen (secondary N) is 1. The zero-order valence-electron chi connectivity index (χ0n) is 21.3. The number of thiazole rings is 1. The fourth-order valence-corrected chi connectivity index (χ4v) is 6.51. The third-order valence-corrected chi connectivity index (χ3v) is 8.44. The SMILES string of the molecule is COC(=O)c1csc(C2(N(CCc3c[nH]c4ccccc34)C(C)=O)CCN(Cc3ccccc3)CC2)n1. The van der Waals surface area contributed by atoms with Crippen LogP contribution in [0.2, 0.25) is 0 Å². The third kappa shape index (κ3) is 5.17. The van der Waals surface area contributed by atoms with Crippen molar-refractivity contribution in [2.45, 2.75) is 38.3 Å². The fraction of sp³-hybridized carbons (Fsp3) is 0.345. The van der Waals surface area contributed by atoms with Crippen molar-refractivity contribution in [1.29, 1.82) is 0 Å². The van der Waals surface area contributed by atoms with Gasteiger partial charge in [0, 0.05) is 55.6 Å². The van der Waals surface area contributed by atoms with Crippen LogP contribution in [0.5, 0.6) is 0 Å². The molecule has 0 radical (unpaired) electrons. The van der Waals surface area contributed by atoms with Crippen LogP contribution in [0.4, 0.5) is 0 Å². The van der Waals surface area contributed by atoms with E-state index in [1.807, 2.05) is 29.3 Å². The third-order valence-electron chi connectivity index (χ3n) is 7.41. The topological polar surface area (TPSA) is 78.5 Å². The van der Waals surface area contributed by atoms with Gasteiger partial charge in [-0.25, -0.2) is 9.78 Å². The molecule has 1 fully saturated rings. The smallest absolute Gasteiger partial charge is 0.357 e. The summed E-state index contributed by atoms with van der Waals surface area (Å²) in [6.07, 6.45) is 4.27. The van der Waals surface area contributed by atoms with Crippen LogP contribution in [-0.4, -0.2) is 58.4 Å². The van der Waals surface area contributed by atoms with Gasteiger partial charge in [-0.2, -0.15) is 0 Å². The highest BCUT2D eigenvalue weighted by Crippen LogP contribution is 2.41. The molecule has 0 atom stereocenters. The lowest BCUT2D eigenvalue weighted by Crippen LogP contribution is -2.55. The number of aromatic nitrogens is 2.